The van der Waals surface area contributed by atoms with Gasteiger partial charge < -0.3 is 24.3 Å². The molecule has 1 aliphatic rings. The minimum atomic E-state index is -0.977. The van der Waals surface area contributed by atoms with Crippen molar-refractivity contribution in [1.82, 2.24) is 5.32 Å². The second-order valence-corrected chi connectivity index (χ2v) is 2.94. The molecule has 0 saturated heterocycles. The summed E-state index contributed by atoms with van der Waals surface area (Å²) in [4.78, 5) is 10.9. The first-order chi connectivity index (χ1) is 7.15. The van der Waals surface area contributed by atoms with Gasteiger partial charge in [0.05, 0.1) is 13.7 Å². The van der Waals surface area contributed by atoms with Crippen molar-refractivity contribution in [3.8, 4) is 0 Å². The monoisotopic (exact) mass is 217 g/mol. The zero-order valence-corrected chi connectivity index (χ0v) is 8.98. The lowest BCUT2D eigenvalue weighted by molar-refractivity contribution is -0.238. The van der Waals surface area contributed by atoms with E-state index < -0.39 is 18.2 Å². The molecule has 0 radical (unpaired) electrons. The third-order valence-corrected chi connectivity index (χ3v) is 2.07. The number of alkyl carbamates (subject to hydrolysis) is 1. The van der Waals surface area contributed by atoms with Crippen molar-refractivity contribution in [3.63, 3.8) is 0 Å². The smallest absolute Gasteiger partial charge is 0.407 e. The van der Waals surface area contributed by atoms with E-state index >= 15 is 0 Å². The topological polar surface area (TPSA) is 66.0 Å². The van der Waals surface area contributed by atoms with Gasteiger partial charge in [-0.25, -0.2) is 4.79 Å². The molecule has 2 atom stereocenters. The highest BCUT2D eigenvalue weighted by Crippen LogP contribution is 2.23. The highest BCUT2D eigenvalue weighted by atomic mass is 16.8. The molecule has 1 rings (SSSR count). The van der Waals surface area contributed by atoms with Crippen molar-refractivity contribution in [2.45, 2.75) is 12.1 Å². The number of carbonyl (C=O) groups is 1. The number of ether oxygens (including phenoxy) is 4. The SMILES string of the molecule is COC(=O)NCC1(OC)C=CC(OC)O1. The van der Waals surface area contributed by atoms with E-state index in [1.54, 1.807) is 12.2 Å². The second kappa shape index (κ2) is 5.11. The fourth-order valence-corrected chi connectivity index (χ4v) is 1.18. The maximum atomic E-state index is 10.9. The zero-order valence-electron chi connectivity index (χ0n) is 8.98. The Balaban J connectivity index is 2.49. The molecule has 0 bridgehead atoms. The minimum Gasteiger partial charge on any atom is -0.453 e. The quantitative estimate of drug-likeness (QED) is 0.683. The van der Waals surface area contributed by atoms with E-state index in [2.05, 4.69) is 10.1 Å². The summed E-state index contributed by atoms with van der Waals surface area (Å²) in [7, 11) is 4.30. The van der Waals surface area contributed by atoms with Gasteiger partial charge in [0, 0.05) is 14.2 Å². The van der Waals surface area contributed by atoms with Crippen LogP contribution in [0.2, 0.25) is 0 Å². The molecule has 1 amide bonds. The standard InChI is InChI=1S/C9H15NO5/c1-12-7-4-5-9(14-3,15-7)6-10-8(11)13-2/h4-5,7H,6H2,1-3H3,(H,10,11). The molecule has 1 N–H and O–H groups in total. The molecule has 1 heterocycles. The first-order valence-corrected chi connectivity index (χ1v) is 4.43. The van der Waals surface area contributed by atoms with E-state index in [9.17, 15) is 4.79 Å². The first-order valence-electron chi connectivity index (χ1n) is 4.43. The summed E-state index contributed by atoms with van der Waals surface area (Å²) in [6.45, 7) is 0.159. The van der Waals surface area contributed by atoms with Crippen LogP contribution in [0.25, 0.3) is 0 Å². The van der Waals surface area contributed by atoms with E-state index in [0.29, 0.717) is 0 Å². The lowest BCUT2D eigenvalue weighted by Crippen LogP contribution is -2.44. The molecule has 1 aliphatic heterocycles. The second-order valence-electron chi connectivity index (χ2n) is 2.94. The van der Waals surface area contributed by atoms with Crippen LogP contribution in [0.1, 0.15) is 0 Å². The summed E-state index contributed by atoms with van der Waals surface area (Å²) in [5.74, 6) is -0.977. The minimum absolute atomic E-state index is 0.159. The Kier molecular flexibility index (Phi) is 4.07. The number of carbonyl (C=O) groups excluding carboxylic acids is 1. The Morgan fingerprint density at radius 3 is 2.73 bits per heavy atom. The van der Waals surface area contributed by atoms with Crippen LogP contribution in [0, 0.1) is 0 Å². The predicted octanol–water partition coefficient (Wildman–Crippen LogP) is 0.244. The Hall–Kier alpha value is -1.11. The molecular formula is C9H15NO5. The third kappa shape index (κ3) is 2.92. The molecule has 0 spiro atoms. The molecule has 0 aromatic carbocycles. The average molecular weight is 217 g/mol. The number of hydrogen-bond donors (Lipinski definition) is 1. The average Bonchev–Trinajstić information content (AvgIpc) is 2.70. The van der Waals surface area contributed by atoms with Gasteiger partial charge in [0.2, 0.25) is 5.79 Å². The number of nitrogens with one attached hydrogen (secondary N) is 1. The number of methoxy groups -OCH3 is 3. The van der Waals surface area contributed by atoms with Crippen molar-refractivity contribution < 1.29 is 23.7 Å². The predicted molar refractivity (Wildman–Crippen MR) is 51.2 cm³/mol. The molecule has 6 nitrogen and oxygen atoms in total. The van der Waals surface area contributed by atoms with Crippen LogP contribution >= 0.6 is 0 Å². The number of amides is 1. The highest BCUT2D eigenvalue weighted by molar-refractivity contribution is 5.67. The summed E-state index contributed by atoms with van der Waals surface area (Å²) < 4.78 is 20.0. The van der Waals surface area contributed by atoms with Crippen molar-refractivity contribution in [3.05, 3.63) is 12.2 Å². The normalized spacial score (nSPS) is 29.1. The summed E-state index contributed by atoms with van der Waals surface area (Å²) in [5.41, 5.74) is 0. The lowest BCUT2D eigenvalue weighted by atomic mass is 10.3. The van der Waals surface area contributed by atoms with E-state index in [1.165, 1.54) is 21.3 Å². The molecule has 0 fully saturated rings. The maximum absolute atomic E-state index is 10.9. The van der Waals surface area contributed by atoms with E-state index in [0.717, 1.165) is 0 Å². The first kappa shape index (κ1) is 12.0. The summed E-state index contributed by atoms with van der Waals surface area (Å²) >= 11 is 0. The van der Waals surface area contributed by atoms with E-state index in [-0.39, 0.29) is 6.54 Å². The van der Waals surface area contributed by atoms with Gasteiger partial charge in [-0.3, -0.25) is 0 Å². The molecular weight excluding hydrogens is 202 g/mol. The van der Waals surface area contributed by atoms with Crippen LogP contribution in [0.4, 0.5) is 4.79 Å². The molecule has 6 heteroatoms. The molecule has 0 aromatic heterocycles. The molecule has 2 unspecified atom stereocenters. The number of hydrogen-bond acceptors (Lipinski definition) is 5. The molecule has 86 valence electrons. The summed E-state index contributed by atoms with van der Waals surface area (Å²) in [5, 5.41) is 2.49. The van der Waals surface area contributed by atoms with Gasteiger partial charge in [-0.05, 0) is 12.2 Å². The fraction of sp³-hybridized carbons (Fsp3) is 0.667. The van der Waals surface area contributed by atoms with Gasteiger partial charge in [0.1, 0.15) is 0 Å². The molecule has 0 aliphatic carbocycles. The zero-order chi connectivity index (χ0) is 11.3. The van der Waals surface area contributed by atoms with Crippen molar-refractivity contribution in [2.24, 2.45) is 0 Å². The van der Waals surface area contributed by atoms with Crippen LogP contribution < -0.4 is 5.32 Å². The van der Waals surface area contributed by atoms with Crippen LogP contribution in [0.5, 0.6) is 0 Å². The Morgan fingerprint density at radius 2 is 2.27 bits per heavy atom. The Labute approximate surface area is 88.1 Å². The Bertz CT molecular complexity index is 255. The van der Waals surface area contributed by atoms with Crippen LogP contribution in [0.15, 0.2) is 12.2 Å². The molecule has 0 saturated carbocycles. The molecule has 15 heavy (non-hydrogen) atoms. The van der Waals surface area contributed by atoms with E-state index in [4.69, 9.17) is 14.2 Å². The van der Waals surface area contributed by atoms with Crippen LogP contribution in [0.3, 0.4) is 0 Å². The van der Waals surface area contributed by atoms with Gasteiger partial charge in [-0.1, -0.05) is 0 Å². The Morgan fingerprint density at radius 1 is 1.53 bits per heavy atom. The summed E-state index contributed by atoms with van der Waals surface area (Å²) in [6.07, 6.45) is 2.41. The number of rotatable bonds is 4. The molecule has 0 aromatic rings. The van der Waals surface area contributed by atoms with Crippen molar-refractivity contribution in [2.75, 3.05) is 27.9 Å². The van der Waals surface area contributed by atoms with E-state index in [1.807, 2.05) is 0 Å². The third-order valence-electron chi connectivity index (χ3n) is 2.07. The van der Waals surface area contributed by atoms with Gasteiger partial charge in [-0.2, -0.15) is 0 Å². The lowest BCUT2D eigenvalue weighted by Gasteiger charge is -2.26. The van der Waals surface area contributed by atoms with Gasteiger partial charge in [0.25, 0.3) is 0 Å². The maximum Gasteiger partial charge on any atom is 0.407 e. The van der Waals surface area contributed by atoms with Crippen molar-refractivity contribution >= 4 is 6.09 Å². The summed E-state index contributed by atoms with van der Waals surface area (Å²) in [6, 6.07) is 0. The van der Waals surface area contributed by atoms with Gasteiger partial charge in [-0.15, -0.1) is 0 Å². The highest BCUT2D eigenvalue weighted by Gasteiger charge is 2.36. The largest absolute Gasteiger partial charge is 0.453 e. The van der Waals surface area contributed by atoms with Crippen LogP contribution in [-0.2, 0) is 18.9 Å². The van der Waals surface area contributed by atoms with Crippen molar-refractivity contribution in [1.29, 1.82) is 0 Å². The van der Waals surface area contributed by atoms with Gasteiger partial charge >= 0.3 is 6.09 Å². The van der Waals surface area contributed by atoms with Gasteiger partial charge in [0.15, 0.2) is 6.29 Å². The fourth-order valence-electron chi connectivity index (χ4n) is 1.18. The van der Waals surface area contributed by atoms with Crippen LogP contribution in [-0.4, -0.2) is 46.0 Å².